The van der Waals surface area contributed by atoms with Crippen LogP contribution in [0.3, 0.4) is 0 Å². The van der Waals surface area contributed by atoms with Crippen LogP contribution in [0, 0.1) is 6.92 Å². The van der Waals surface area contributed by atoms with Crippen LogP contribution in [-0.2, 0) is 6.54 Å². The van der Waals surface area contributed by atoms with E-state index >= 15 is 0 Å². The van der Waals surface area contributed by atoms with Crippen LogP contribution in [0.1, 0.15) is 21.5 Å². The van der Waals surface area contributed by atoms with Crippen LogP contribution >= 0.6 is 0 Å². The second-order valence-corrected chi connectivity index (χ2v) is 5.21. The van der Waals surface area contributed by atoms with Crippen molar-refractivity contribution >= 4 is 11.7 Å². The molecule has 2 rings (SSSR count). The summed E-state index contributed by atoms with van der Waals surface area (Å²) in [6.07, 6.45) is 0. The number of methoxy groups -OCH3 is 3. The van der Waals surface area contributed by atoms with E-state index in [9.17, 15) is 4.79 Å². The summed E-state index contributed by atoms with van der Waals surface area (Å²) >= 11 is 0. The van der Waals surface area contributed by atoms with Gasteiger partial charge in [-0.2, -0.15) is 0 Å². The number of carboxylic acid groups (broad SMARTS) is 1. The van der Waals surface area contributed by atoms with E-state index in [2.05, 4.69) is 5.32 Å². The minimum Gasteiger partial charge on any atom is -0.496 e. The van der Waals surface area contributed by atoms with Gasteiger partial charge in [0.15, 0.2) is 11.5 Å². The van der Waals surface area contributed by atoms with Gasteiger partial charge in [-0.25, -0.2) is 4.79 Å². The van der Waals surface area contributed by atoms with Gasteiger partial charge in [0.2, 0.25) is 0 Å². The molecule has 0 aliphatic rings. The van der Waals surface area contributed by atoms with Crippen molar-refractivity contribution in [3.05, 3.63) is 47.0 Å². The number of ether oxygens (including phenoxy) is 3. The second kappa shape index (κ2) is 7.59. The summed E-state index contributed by atoms with van der Waals surface area (Å²) in [7, 11) is 4.72. The van der Waals surface area contributed by atoms with Crippen LogP contribution in [0.15, 0.2) is 30.3 Å². The molecule has 6 heteroatoms. The predicted molar refractivity (Wildman–Crippen MR) is 91.6 cm³/mol. The van der Waals surface area contributed by atoms with Gasteiger partial charge in [0.05, 0.1) is 26.9 Å². The van der Waals surface area contributed by atoms with E-state index in [-0.39, 0.29) is 5.56 Å². The van der Waals surface area contributed by atoms with Crippen molar-refractivity contribution in [2.45, 2.75) is 13.5 Å². The molecular weight excluding hydrogens is 310 g/mol. The number of benzene rings is 2. The standard InChI is InChI=1S/C18H21NO5/c1-11-5-6-12(18(20)21)7-14(11)19-10-13-8-16(23-3)17(24-4)9-15(13)22-2/h5-9,19H,10H2,1-4H3,(H,20,21). The van der Waals surface area contributed by atoms with Crippen LogP contribution < -0.4 is 19.5 Å². The molecule has 2 N–H and O–H groups in total. The first-order valence-electron chi connectivity index (χ1n) is 7.36. The van der Waals surface area contributed by atoms with Crippen molar-refractivity contribution in [2.24, 2.45) is 0 Å². The molecule has 0 aromatic heterocycles. The van der Waals surface area contributed by atoms with Crippen molar-refractivity contribution in [2.75, 3.05) is 26.6 Å². The van der Waals surface area contributed by atoms with Gasteiger partial charge < -0.3 is 24.6 Å². The Morgan fingerprint density at radius 3 is 2.21 bits per heavy atom. The topological polar surface area (TPSA) is 77.0 Å². The molecule has 0 amide bonds. The van der Waals surface area contributed by atoms with E-state index in [4.69, 9.17) is 19.3 Å². The highest BCUT2D eigenvalue weighted by atomic mass is 16.5. The van der Waals surface area contributed by atoms with Gasteiger partial charge in [-0.1, -0.05) is 6.07 Å². The summed E-state index contributed by atoms with van der Waals surface area (Å²) in [6.45, 7) is 2.37. The van der Waals surface area contributed by atoms with E-state index in [0.717, 1.165) is 16.8 Å². The molecule has 0 radical (unpaired) electrons. The number of carboxylic acids is 1. The molecule has 0 bridgehead atoms. The number of anilines is 1. The van der Waals surface area contributed by atoms with Crippen LogP contribution in [0.2, 0.25) is 0 Å². The molecule has 0 unspecified atom stereocenters. The zero-order valence-corrected chi connectivity index (χ0v) is 14.2. The summed E-state index contributed by atoms with van der Waals surface area (Å²) in [4.78, 5) is 11.1. The third-order valence-electron chi connectivity index (χ3n) is 3.74. The average Bonchev–Trinajstić information content (AvgIpc) is 2.59. The van der Waals surface area contributed by atoms with Crippen molar-refractivity contribution in [1.82, 2.24) is 0 Å². The SMILES string of the molecule is COc1cc(OC)c(OC)cc1CNc1cc(C(=O)O)ccc1C. The fourth-order valence-electron chi connectivity index (χ4n) is 2.37. The van der Waals surface area contributed by atoms with Gasteiger partial charge in [0, 0.05) is 23.9 Å². The summed E-state index contributed by atoms with van der Waals surface area (Å²) in [5.41, 5.74) is 2.82. The second-order valence-electron chi connectivity index (χ2n) is 5.21. The largest absolute Gasteiger partial charge is 0.496 e. The van der Waals surface area contributed by atoms with Crippen molar-refractivity contribution in [3.63, 3.8) is 0 Å². The summed E-state index contributed by atoms with van der Waals surface area (Å²) < 4.78 is 16.0. The van der Waals surface area contributed by atoms with Gasteiger partial charge in [0.1, 0.15) is 5.75 Å². The molecule has 2 aromatic rings. The zero-order valence-electron chi connectivity index (χ0n) is 14.2. The number of aryl methyl sites for hydroxylation is 1. The van der Waals surface area contributed by atoms with Gasteiger partial charge >= 0.3 is 5.97 Å². The predicted octanol–water partition coefficient (Wildman–Crippen LogP) is 3.33. The monoisotopic (exact) mass is 331 g/mol. The highest BCUT2D eigenvalue weighted by Crippen LogP contribution is 2.35. The minimum absolute atomic E-state index is 0.238. The van der Waals surface area contributed by atoms with E-state index in [1.165, 1.54) is 0 Å². The first-order chi connectivity index (χ1) is 11.5. The fourth-order valence-corrected chi connectivity index (χ4v) is 2.37. The van der Waals surface area contributed by atoms with E-state index in [0.29, 0.717) is 23.8 Å². The maximum Gasteiger partial charge on any atom is 0.335 e. The van der Waals surface area contributed by atoms with Crippen molar-refractivity contribution < 1.29 is 24.1 Å². The highest BCUT2D eigenvalue weighted by molar-refractivity contribution is 5.89. The molecule has 0 spiro atoms. The molecule has 0 heterocycles. The molecule has 0 saturated carbocycles. The molecule has 0 aliphatic carbocycles. The number of nitrogens with one attached hydrogen (secondary N) is 1. The number of aromatic carboxylic acids is 1. The molecular formula is C18H21NO5. The fraction of sp³-hybridized carbons (Fsp3) is 0.278. The Morgan fingerprint density at radius 1 is 1.00 bits per heavy atom. The molecule has 24 heavy (non-hydrogen) atoms. The van der Waals surface area contributed by atoms with Gasteiger partial charge in [-0.15, -0.1) is 0 Å². The third-order valence-corrected chi connectivity index (χ3v) is 3.74. The first-order valence-corrected chi connectivity index (χ1v) is 7.36. The summed E-state index contributed by atoms with van der Waals surface area (Å²) in [5, 5.41) is 12.4. The maximum atomic E-state index is 11.1. The molecule has 2 aromatic carbocycles. The molecule has 0 atom stereocenters. The minimum atomic E-state index is -0.957. The lowest BCUT2D eigenvalue weighted by Crippen LogP contribution is -2.06. The average molecular weight is 331 g/mol. The van der Waals surface area contributed by atoms with E-state index < -0.39 is 5.97 Å². The number of hydrogen-bond acceptors (Lipinski definition) is 5. The Labute approximate surface area is 141 Å². The lowest BCUT2D eigenvalue weighted by Gasteiger charge is -2.16. The number of carbonyl (C=O) groups is 1. The van der Waals surface area contributed by atoms with Crippen LogP contribution in [0.5, 0.6) is 17.2 Å². The Bertz CT molecular complexity index is 742. The lowest BCUT2D eigenvalue weighted by atomic mass is 10.1. The molecule has 0 aliphatic heterocycles. The Kier molecular flexibility index (Phi) is 5.52. The summed E-state index contributed by atoms with van der Waals surface area (Å²) in [5.74, 6) is 0.891. The molecule has 0 saturated heterocycles. The third kappa shape index (κ3) is 3.71. The molecule has 128 valence electrons. The Morgan fingerprint density at radius 2 is 1.62 bits per heavy atom. The smallest absolute Gasteiger partial charge is 0.335 e. The van der Waals surface area contributed by atoms with E-state index in [1.54, 1.807) is 45.6 Å². The molecule has 0 fully saturated rings. The van der Waals surface area contributed by atoms with Gasteiger partial charge in [-0.3, -0.25) is 0 Å². The quantitative estimate of drug-likeness (QED) is 0.810. The van der Waals surface area contributed by atoms with Crippen LogP contribution in [-0.4, -0.2) is 32.4 Å². The van der Waals surface area contributed by atoms with Crippen molar-refractivity contribution in [3.8, 4) is 17.2 Å². The van der Waals surface area contributed by atoms with Crippen LogP contribution in [0.25, 0.3) is 0 Å². The Hall–Kier alpha value is -2.89. The number of hydrogen-bond donors (Lipinski definition) is 2. The maximum absolute atomic E-state index is 11.1. The lowest BCUT2D eigenvalue weighted by molar-refractivity contribution is 0.0697. The Balaban J connectivity index is 2.29. The number of rotatable bonds is 7. The zero-order chi connectivity index (χ0) is 17.7. The first kappa shape index (κ1) is 17.5. The van der Waals surface area contributed by atoms with Gasteiger partial charge in [0.25, 0.3) is 0 Å². The van der Waals surface area contributed by atoms with Crippen molar-refractivity contribution in [1.29, 1.82) is 0 Å². The van der Waals surface area contributed by atoms with Gasteiger partial charge in [-0.05, 0) is 30.7 Å². The summed E-state index contributed by atoms with van der Waals surface area (Å²) in [6, 6.07) is 8.57. The van der Waals surface area contributed by atoms with E-state index in [1.807, 2.05) is 13.0 Å². The highest BCUT2D eigenvalue weighted by Gasteiger charge is 2.12. The normalized spacial score (nSPS) is 10.2. The van der Waals surface area contributed by atoms with Crippen LogP contribution in [0.4, 0.5) is 5.69 Å². The molecule has 6 nitrogen and oxygen atoms in total.